The van der Waals surface area contributed by atoms with E-state index in [1.165, 1.54) is 5.32 Å². The summed E-state index contributed by atoms with van der Waals surface area (Å²) in [5, 5.41) is 3.38. The number of alkyl halides is 3. The third-order valence-corrected chi connectivity index (χ3v) is 1.96. The maximum absolute atomic E-state index is 11.7. The monoisotopic (exact) mass is 200 g/mol. The van der Waals surface area contributed by atoms with Crippen LogP contribution in [0.3, 0.4) is 0 Å². The van der Waals surface area contributed by atoms with Crippen LogP contribution < -0.4 is 10.6 Å². The third kappa shape index (κ3) is 9.63. The largest absolute Gasteiger partial charge is 0.438 e. The normalized spacial score (nSPS) is 14.5. The summed E-state index contributed by atoms with van der Waals surface area (Å²) >= 11 is 0. The van der Waals surface area contributed by atoms with E-state index in [-0.39, 0.29) is 0 Å². The van der Waals surface area contributed by atoms with E-state index in [2.05, 4.69) is 19.2 Å². The van der Waals surface area contributed by atoms with Crippen molar-refractivity contribution in [1.82, 2.24) is 0 Å². The first-order chi connectivity index (χ1) is 5.95. The zero-order valence-electron chi connectivity index (χ0n) is 8.19. The lowest BCUT2D eigenvalue weighted by Gasteiger charge is -2.08. The molecule has 5 heteroatoms. The number of hydrogen-bond acceptors (Lipinski definition) is 0. The van der Waals surface area contributed by atoms with Crippen molar-refractivity contribution in [2.75, 3.05) is 19.6 Å². The van der Waals surface area contributed by atoms with Crippen LogP contribution >= 0.6 is 0 Å². The van der Waals surface area contributed by atoms with E-state index in [9.17, 15) is 13.2 Å². The summed E-state index contributed by atoms with van der Waals surface area (Å²) in [4.78, 5) is 0. The van der Waals surface area contributed by atoms with Gasteiger partial charge in [-0.2, -0.15) is 13.2 Å². The van der Waals surface area contributed by atoms with Gasteiger partial charge >= 0.3 is 6.18 Å². The van der Waals surface area contributed by atoms with Crippen LogP contribution in [0.25, 0.3) is 0 Å². The Morgan fingerprint density at radius 1 is 1.23 bits per heavy atom. The summed E-state index contributed by atoms with van der Waals surface area (Å²) in [7, 11) is 0. The standard InChI is InChI=1S/C8H17F3N2/c1-3-7(2)13-5-4-12-6-8(9,10)11/h7,12-13H,3-6H2,1-2H3/p+2/t7-/m1/s1. The molecule has 0 spiro atoms. The van der Waals surface area contributed by atoms with Crippen LogP contribution in [-0.4, -0.2) is 31.9 Å². The van der Waals surface area contributed by atoms with Gasteiger partial charge in [0.05, 0.1) is 6.04 Å². The summed E-state index contributed by atoms with van der Waals surface area (Å²) in [6.45, 7) is 4.67. The van der Waals surface area contributed by atoms with Gasteiger partial charge in [-0.15, -0.1) is 0 Å². The minimum Gasteiger partial charge on any atom is -0.339 e. The Bertz CT molecular complexity index is 125. The van der Waals surface area contributed by atoms with Gasteiger partial charge in [-0.1, -0.05) is 6.92 Å². The summed E-state index contributed by atoms with van der Waals surface area (Å²) in [6.07, 6.45) is -2.98. The van der Waals surface area contributed by atoms with E-state index in [0.29, 0.717) is 12.6 Å². The molecule has 0 fully saturated rings. The van der Waals surface area contributed by atoms with Crippen LogP contribution in [0.5, 0.6) is 0 Å². The van der Waals surface area contributed by atoms with Gasteiger partial charge in [-0.05, 0) is 13.3 Å². The first-order valence-corrected chi connectivity index (χ1v) is 4.67. The molecule has 0 unspecified atom stereocenters. The number of quaternary nitrogens is 2. The van der Waals surface area contributed by atoms with Gasteiger partial charge < -0.3 is 10.6 Å². The molecule has 0 amide bonds. The molecule has 1 atom stereocenters. The highest BCUT2D eigenvalue weighted by molar-refractivity contribution is 4.41. The molecule has 0 radical (unpaired) electrons. The summed E-state index contributed by atoms with van der Waals surface area (Å²) < 4.78 is 35.0. The van der Waals surface area contributed by atoms with Crippen LogP contribution in [0.15, 0.2) is 0 Å². The molecule has 0 rings (SSSR count). The van der Waals surface area contributed by atoms with Crippen LogP contribution in [0.4, 0.5) is 13.2 Å². The fourth-order valence-corrected chi connectivity index (χ4v) is 0.931. The molecule has 0 aromatic carbocycles. The quantitative estimate of drug-likeness (QED) is 0.541. The van der Waals surface area contributed by atoms with E-state index in [4.69, 9.17) is 0 Å². The summed E-state index contributed by atoms with van der Waals surface area (Å²) in [6, 6.07) is 0.513. The molecule has 0 heterocycles. The van der Waals surface area contributed by atoms with Gasteiger partial charge in [-0.3, -0.25) is 0 Å². The van der Waals surface area contributed by atoms with E-state index < -0.39 is 12.7 Å². The van der Waals surface area contributed by atoms with Crippen molar-refractivity contribution in [3.63, 3.8) is 0 Å². The number of rotatable bonds is 6. The molecule has 0 aromatic rings. The molecular weight excluding hydrogens is 181 g/mol. The maximum Gasteiger partial charge on any atom is 0.438 e. The lowest BCUT2D eigenvalue weighted by Crippen LogP contribution is -2.98. The Balaban J connectivity index is 3.18. The predicted octanol–water partition coefficient (Wildman–Crippen LogP) is -0.526. The first-order valence-electron chi connectivity index (χ1n) is 4.67. The van der Waals surface area contributed by atoms with Gasteiger partial charge in [-0.25, -0.2) is 0 Å². The van der Waals surface area contributed by atoms with E-state index in [1.54, 1.807) is 0 Å². The lowest BCUT2D eigenvalue weighted by atomic mass is 10.3. The van der Waals surface area contributed by atoms with Crippen LogP contribution in [0.1, 0.15) is 20.3 Å². The highest BCUT2D eigenvalue weighted by Gasteiger charge is 2.29. The zero-order valence-corrected chi connectivity index (χ0v) is 8.19. The highest BCUT2D eigenvalue weighted by Crippen LogP contribution is 2.09. The van der Waals surface area contributed by atoms with Crippen molar-refractivity contribution in [3.8, 4) is 0 Å². The fraction of sp³-hybridized carbons (Fsp3) is 1.00. The summed E-state index contributed by atoms with van der Waals surface area (Å²) in [5.41, 5.74) is 0. The molecule has 80 valence electrons. The predicted molar refractivity (Wildman–Crippen MR) is 44.3 cm³/mol. The molecule has 2 nitrogen and oxygen atoms in total. The Morgan fingerprint density at radius 2 is 1.85 bits per heavy atom. The summed E-state index contributed by atoms with van der Waals surface area (Å²) in [5.74, 6) is 0. The maximum atomic E-state index is 11.7. The molecule has 4 N–H and O–H groups in total. The molecule has 0 saturated heterocycles. The molecular formula is C8H19F3N2+2. The molecule has 0 aromatic heterocycles. The van der Waals surface area contributed by atoms with Crippen LogP contribution in [0, 0.1) is 0 Å². The fourth-order valence-electron chi connectivity index (χ4n) is 0.931. The third-order valence-electron chi connectivity index (χ3n) is 1.96. The van der Waals surface area contributed by atoms with Gasteiger partial charge in [0.1, 0.15) is 13.1 Å². The average Bonchev–Trinajstić information content (AvgIpc) is 2.01. The van der Waals surface area contributed by atoms with Gasteiger partial charge in [0.15, 0.2) is 6.54 Å². The van der Waals surface area contributed by atoms with Crippen molar-refractivity contribution < 1.29 is 23.8 Å². The van der Waals surface area contributed by atoms with Crippen LogP contribution in [0.2, 0.25) is 0 Å². The molecule has 0 bridgehead atoms. The average molecular weight is 200 g/mol. The molecule has 0 aliphatic rings. The Kier molecular flexibility index (Phi) is 6.07. The van der Waals surface area contributed by atoms with Gasteiger partial charge in [0.25, 0.3) is 0 Å². The minimum atomic E-state index is -4.03. The Morgan fingerprint density at radius 3 is 2.31 bits per heavy atom. The zero-order chi connectivity index (χ0) is 10.3. The van der Waals surface area contributed by atoms with Crippen molar-refractivity contribution in [2.45, 2.75) is 32.5 Å². The number of hydrogen-bond donors (Lipinski definition) is 2. The molecule has 0 aliphatic heterocycles. The Hall–Kier alpha value is -0.290. The second-order valence-corrected chi connectivity index (χ2v) is 3.31. The van der Waals surface area contributed by atoms with Crippen molar-refractivity contribution in [2.24, 2.45) is 0 Å². The SMILES string of the molecule is CC[C@@H](C)[NH2+]CC[NH2+]CC(F)(F)F. The highest BCUT2D eigenvalue weighted by atomic mass is 19.4. The van der Waals surface area contributed by atoms with Gasteiger partial charge in [0, 0.05) is 0 Å². The van der Waals surface area contributed by atoms with Crippen molar-refractivity contribution >= 4 is 0 Å². The van der Waals surface area contributed by atoms with E-state index in [1.807, 2.05) is 0 Å². The number of nitrogens with two attached hydrogens (primary N) is 2. The number of halogens is 3. The van der Waals surface area contributed by atoms with Gasteiger partial charge in [0.2, 0.25) is 0 Å². The smallest absolute Gasteiger partial charge is 0.339 e. The second kappa shape index (κ2) is 6.21. The minimum absolute atomic E-state index is 0.513. The molecule has 13 heavy (non-hydrogen) atoms. The van der Waals surface area contributed by atoms with Crippen LogP contribution in [-0.2, 0) is 0 Å². The molecule has 0 aliphatic carbocycles. The van der Waals surface area contributed by atoms with Crippen molar-refractivity contribution in [1.29, 1.82) is 0 Å². The van der Waals surface area contributed by atoms with E-state index >= 15 is 0 Å². The Labute approximate surface area is 76.9 Å². The van der Waals surface area contributed by atoms with Crippen molar-refractivity contribution in [3.05, 3.63) is 0 Å². The topological polar surface area (TPSA) is 33.2 Å². The second-order valence-electron chi connectivity index (χ2n) is 3.31. The first kappa shape index (κ1) is 12.7. The van der Waals surface area contributed by atoms with E-state index in [0.717, 1.165) is 13.0 Å². The lowest BCUT2D eigenvalue weighted by molar-refractivity contribution is -0.746. The molecule has 0 saturated carbocycles.